The predicted molar refractivity (Wildman–Crippen MR) is 104 cm³/mol. The van der Waals surface area contributed by atoms with Gasteiger partial charge < -0.3 is 19.5 Å². The number of anilines is 1. The number of rotatable bonds is 3. The largest absolute Gasteiger partial charge is 0.508 e. The van der Waals surface area contributed by atoms with Gasteiger partial charge in [0.1, 0.15) is 11.3 Å². The van der Waals surface area contributed by atoms with E-state index in [2.05, 4.69) is 28.7 Å². The monoisotopic (exact) mass is 365 g/mol. The van der Waals surface area contributed by atoms with E-state index in [-0.39, 0.29) is 17.7 Å². The van der Waals surface area contributed by atoms with E-state index in [9.17, 15) is 9.90 Å². The van der Waals surface area contributed by atoms with Crippen LogP contribution in [0.1, 0.15) is 30.2 Å². The lowest BCUT2D eigenvalue weighted by atomic mass is 10.2. The fraction of sp³-hybridized carbons (Fsp3) is 0.350. The van der Waals surface area contributed by atoms with Gasteiger partial charge >= 0.3 is 0 Å². The molecule has 1 fully saturated rings. The number of piperazine rings is 1. The quantitative estimate of drug-likeness (QED) is 0.772. The molecule has 7 nitrogen and oxygen atoms in total. The Balaban J connectivity index is 1.47. The Morgan fingerprint density at radius 2 is 1.89 bits per heavy atom. The summed E-state index contributed by atoms with van der Waals surface area (Å²) in [5, 5.41) is 9.65. The molecule has 3 heterocycles. The van der Waals surface area contributed by atoms with E-state index in [4.69, 9.17) is 0 Å². The van der Waals surface area contributed by atoms with E-state index in [1.54, 1.807) is 24.7 Å². The summed E-state index contributed by atoms with van der Waals surface area (Å²) < 4.78 is 2.00. The molecular weight excluding hydrogens is 342 g/mol. The zero-order chi connectivity index (χ0) is 19.0. The Morgan fingerprint density at radius 3 is 2.59 bits per heavy atom. The highest BCUT2D eigenvalue weighted by molar-refractivity contribution is 5.96. The molecule has 3 aromatic rings. The predicted octanol–water partition coefficient (Wildman–Crippen LogP) is 2.68. The minimum atomic E-state index is -0.0148. The lowest BCUT2D eigenvalue weighted by Crippen LogP contribution is -2.48. The van der Waals surface area contributed by atoms with E-state index in [0.29, 0.717) is 18.7 Å². The molecular formula is C20H23N5O2. The van der Waals surface area contributed by atoms with E-state index in [1.165, 1.54) is 0 Å². The summed E-state index contributed by atoms with van der Waals surface area (Å²) in [4.78, 5) is 25.8. The van der Waals surface area contributed by atoms with Crippen molar-refractivity contribution in [1.29, 1.82) is 0 Å². The molecule has 0 atom stereocenters. The maximum atomic E-state index is 12.9. The van der Waals surface area contributed by atoms with Crippen molar-refractivity contribution in [3.8, 4) is 5.75 Å². The van der Waals surface area contributed by atoms with Crippen LogP contribution in [-0.2, 0) is 0 Å². The third-order valence-electron chi connectivity index (χ3n) is 4.98. The average Bonchev–Trinajstić information content (AvgIpc) is 3.11. The van der Waals surface area contributed by atoms with Gasteiger partial charge in [0, 0.05) is 50.2 Å². The van der Waals surface area contributed by atoms with Crippen LogP contribution >= 0.6 is 0 Å². The second-order valence-corrected chi connectivity index (χ2v) is 7.11. The van der Waals surface area contributed by atoms with Crippen LogP contribution in [0.2, 0.25) is 0 Å². The maximum absolute atomic E-state index is 12.9. The minimum absolute atomic E-state index is 0.0148. The lowest BCUT2D eigenvalue weighted by Gasteiger charge is -2.36. The second kappa shape index (κ2) is 6.90. The van der Waals surface area contributed by atoms with Gasteiger partial charge in [0.2, 0.25) is 0 Å². The minimum Gasteiger partial charge on any atom is -0.508 e. The van der Waals surface area contributed by atoms with E-state index in [1.807, 2.05) is 27.7 Å². The number of fused-ring (bicyclic) bond motifs is 1. The average molecular weight is 365 g/mol. The van der Waals surface area contributed by atoms with Gasteiger partial charge in [-0.25, -0.2) is 9.97 Å². The molecule has 1 aliphatic heterocycles. The zero-order valence-electron chi connectivity index (χ0n) is 15.5. The van der Waals surface area contributed by atoms with Crippen LogP contribution in [0.15, 0.2) is 42.9 Å². The molecule has 0 radical (unpaired) electrons. The number of amides is 1. The molecule has 7 heteroatoms. The third kappa shape index (κ3) is 3.32. The first-order valence-electron chi connectivity index (χ1n) is 9.19. The summed E-state index contributed by atoms with van der Waals surface area (Å²) in [6, 6.07) is 9.31. The standard InChI is InChI=1S/C20H23N5O2/c1-14(2)25-13-22-18-10-15(12-21-19(18)25)20(27)24-8-6-23(7-9-24)16-4-3-5-17(26)11-16/h3-5,10-14,26H,6-9H2,1-2H3. The number of carbonyl (C=O) groups excluding carboxylic acids is 1. The first-order chi connectivity index (χ1) is 13.0. The van der Waals surface area contributed by atoms with Crippen LogP contribution in [-0.4, -0.2) is 56.6 Å². The van der Waals surface area contributed by atoms with Gasteiger partial charge in [-0.2, -0.15) is 0 Å². The molecule has 0 spiro atoms. The van der Waals surface area contributed by atoms with Crippen LogP contribution < -0.4 is 4.90 Å². The van der Waals surface area contributed by atoms with Crippen LogP contribution in [0.3, 0.4) is 0 Å². The van der Waals surface area contributed by atoms with Crippen molar-refractivity contribution in [2.24, 2.45) is 0 Å². The number of aromatic hydroxyl groups is 1. The van der Waals surface area contributed by atoms with Crippen LogP contribution in [0.5, 0.6) is 5.75 Å². The summed E-state index contributed by atoms with van der Waals surface area (Å²) in [6.45, 7) is 6.88. The number of imidazole rings is 1. The summed E-state index contributed by atoms with van der Waals surface area (Å²) in [6.07, 6.45) is 3.41. The Morgan fingerprint density at radius 1 is 1.11 bits per heavy atom. The van der Waals surface area contributed by atoms with Crippen molar-refractivity contribution < 1.29 is 9.90 Å². The molecule has 1 aromatic carbocycles. The lowest BCUT2D eigenvalue weighted by molar-refractivity contribution is 0.0746. The van der Waals surface area contributed by atoms with Crippen molar-refractivity contribution in [1.82, 2.24) is 19.4 Å². The van der Waals surface area contributed by atoms with Crippen molar-refractivity contribution in [3.05, 3.63) is 48.4 Å². The Kier molecular flexibility index (Phi) is 4.43. The maximum Gasteiger partial charge on any atom is 0.255 e. The molecule has 4 rings (SSSR count). The van der Waals surface area contributed by atoms with Gasteiger partial charge in [-0.05, 0) is 32.0 Å². The van der Waals surface area contributed by atoms with Gasteiger partial charge in [0.25, 0.3) is 5.91 Å². The summed E-state index contributed by atoms with van der Waals surface area (Å²) in [5.41, 5.74) is 3.09. The molecule has 0 bridgehead atoms. The molecule has 0 unspecified atom stereocenters. The van der Waals surface area contributed by atoms with Crippen molar-refractivity contribution in [3.63, 3.8) is 0 Å². The summed E-state index contributed by atoms with van der Waals surface area (Å²) >= 11 is 0. The van der Waals surface area contributed by atoms with Crippen LogP contribution in [0.25, 0.3) is 11.2 Å². The van der Waals surface area contributed by atoms with E-state index < -0.39 is 0 Å². The first kappa shape index (κ1) is 17.3. The highest BCUT2D eigenvalue weighted by Gasteiger charge is 2.23. The molecule has 2 aromatic heterocycles. The van der Waals surface area contributed by atoms with Crippen molar-refractivity contribution in [2.45, 2.75) is 19.9 Å². The Bertz CT molecular complexity index is 973. The van der Waals surface area contributed by atoms with Gasteiger partial charge in [0.05, 0.1) is 11.9 Å². The normalized spacial score (nSPS) is 14.9. The number of pyridine rings is 1. The fourth-order valence-corrected chi connectivity index (χ4v) is 3.45. The Labute approximate surface area is 157 Å². The number of hydrogen-bond donors (Lipinski definition) is 1. The molecule has 0 saturated carbocycles. The molecule has 0 aliphatic carbocycles. The fourth-order valence-electron chi connectivity index (χ4n) is 3.45. The van der Waals surface area contributed by atoms with Gasteiger partial charge in [-0.1, -0.05) is 6.07 Å². The SMILES string of the molecule is CC(C)n1cnc2cc(C(=O)N3CCN(c4cccc(O)c4)CC3)cnc21. The number of nitrogens with zero attached hydrogens (tertiary/aromatic N) is 5. The second-order valence-electron chi connectivity index (χ2n) is 7.11. The molecule has 1 saturated heterocycles. The summed E-state index contributed by atoms with van der Waals surface area (Å²) in [7, 11) is 0. The Hall–Kier alpha value is -3.09. The molecule has 1 aliphatic rings. The molecule has 1 N–H and O–H groups in total. The van der Waals surface area contributed by atoms with Gasteiger partial charge in [-0.3, -0.25) is 4.79 Å². The molecule has 1 amide bonds. The van der Waals surface area contributed by atoms with Gasteiger partial charge in [0.15, 0.2) is 5.65 Å². The topological polar surface area (TPSA) is 74.5 Å². The first-order valence-corrected chi connectivity index (χ1v) is 9.19. The number of carbonyl (C=O) groups is 1. The number of phenols is 1. The van der Waals surface area contributed by atoms with Crippen LogP contribution in [0.4, 0.5) is 5.69 Å². The van der Waals surface area contributed by atoms with E-state index in [0.717, 1.165) is 29.9 Å². The number of benzene rings is 1. The van der Waals surface area contributed by atoms with Crippen LogP contribution in [0, 0.1) is 0 Å². The van der Waals surface area contributed by atoms with Gasteiger partial charge in [-0.15, -0.1) is 0 Å². The highest BCUT2D eigenvalue weighted by atomic mass is 16.3. The van der Waals surface area contributed by atoms with E-state index >= 15 is 0 Å². The third-order valence-corrected chi connectivity index (χ3v) is 4.98. The number of phenolic OH excluding ortho intramolecular Hbond substituents is 1. The number of aromatic nitrogens is 3. The van der Waals surface area contributed by atoms with Crippen molar-refractivity contribution in [2.75, 3.05) is 31.1 Å². The molecule has 27 heavy (non-hydrogen) atoms. The van der Waals surface area contributed by atoms with Crippen molar-refractivity contribution >= 4 is 22.8 Å². The smallest absolute Gasteiger partial charge is 0.255 e. The summed E-state index contributed by atoms with van der Waals surface area (Å²) in [5.74, 6) is 0.241. The highest BCUT2D eigenvalue weighted by Crippen LogP contribution is 2.22. The zero-order valence-corrected chi connectivity index (χ0v) is 15.5. The molecule has 140 valence electrons. The number of hydrogen-bond acceptors (Lipinski definition) is 5.